The molecule has 1 saturated heterocycles. The number of nitrogens with one attached hydrogen (secondary N) is 1. The maximum Gasteiger partial charge on any atom is 0.126 e. The van der Waals surface area contributed by atoms with Crippen LogP contribution in [0.2, 0.25) is 0 Å². The topological polar surface area (TPSA) is 61.4 Å². The van der Waals surface area contributed by atoms with Crippen molar-refractivity contribution < 1.29 is 14.2 Å². The zero-order chi connectivity index (χ0) is 16.3. The molecule has 23 heavy (non-hydrogen) atoms. The Morgan fingerprint density at radius 2 is 2.35 bits per heavy atom. The smallest absolute Gasteiger partial charge is 0.126 e. The Morgan fingerprint density at radius 1 is 1.48 bits per heavy atom. The fourth-order valence-corrected chi connectivity index (χ4v) is 3.01. The van der Waals surface area contributed by atoms with Gasteiger partial charge in [0, 0.05) is 30.4 Å². The van der Waals surface area contributed by atoms with Gasteiger partial charge in [0.15, 0.2) is 0 Å². The van der Waals surface area contributed by atoms with E-state index in [1.54, 1.807) is 12.1 Å². The van der Waals surface area contributed by atoms with Gasteiger partial charge in [-0.3, -0.25) is 10.00 Å². The molecule has 0 radical (unpaired) electrons. The van der Waals surface area contributed by atoms with Gasteiger partial charge in [0.2, 0.25) is 0 Å². The van der Waals surface area contributed by atoms with Gasteiger partial charge in [0.05, 0.1) is 6.20 Å². The Hall–Kier alpha value is -1.92. The van der Waals surface area contributed by atoms with Gasteiger partial charge >= 0.3 is 0 Å². The van der Waals surface area contributed by atoms with Crippen LogP contribution in [-0.4, -0.2) is 45.5 Å². The van der Waals surface area contributed by atoms with E-state index in [0.29, 0.717) is 18.7 Å². The first kappa shape index (κ1) is 16.0. The lowest BCUT2D eigenvalue weighted by molar-refractivity contribution is -0.0621. The lowest BCUT2D eigenvalue weighted by Gasteiger charge is -2.38. The summed E-state index contributed by atoms with van der Waals surface area (Å²) < 4.78 is 18.8. The van der Waals surface area contributed by atoms with Gasteiger partial charge in [-0.15, -0.1) is 0 Å². The minimum Gasteiger partial charge on any atom is -0.490 e. The number of piperidine rings is 1. The van der Waals surface area contributed by atoms with E-state index in [1.807, 2.05) is 13.1 Å². The minimum atomic E-state index is -0.914. The largest absolute Gasteiger partial charge is 0.490 e. The molecule has 2 N–H and O–H groups in total. The molecular formula is C17H22FN3O2. The number of benzene rings is 1. The van der Waals surface area contributed by atoms with Crippen LogP contribution in [0.3, 0.4) is 0 Å². The Bertz CT molecular complexity index is 661. The molecule has 0 spiro atoms. The molecule has 0 aliphatic carbocycles. The van der Waals surface area contributed by atoms with E-state index in [-0.39, 0.29) is 12.4 Å². The number of aliphatic hydroxyl groups is 1. The van der Waals surface area contributed by atoms with Crippen molar-refractivity contribution in [3.05, 3.63) is 47.5 Å². The number of H-pyrrole nitrogens is 1. The molecule has 0 bridgehead atoms. The van der Waals surface area contributed by atoms with E-state index in [1.165, 1.54) is 12.1 Å². The van der Waals surface area contributed by atoms with Crippen molar-refractivity contribution in [1.82, 2.24) is 15.1 Å². The predicted molar refractivity (Wildman–Crippen MR) is 84.7 cm³/mol. The third-order valence-electron chi connectivity index (χ3n) is 4.27. The summed E-state index contributed by atoms with van der Waals surface area (Å²) in [6.07, 6.45) is 3.41. The molecule has 1 aliphatic heterocycles. The highest BCUT2D eigenvalue weighted by Gasteiger charge is 2.34. The highest BCUT2D eigenvalue weighted by Crippen LogP contribution is 2.24. The standard InChI is InChI=1S/C17H22FN3O2/c1-13-14(9-19-20-13)10-21-7-3-6-17(22,11-21)12-23-16-5-2-4-15(18)8-16/h2,4-5,8-9,22H,3,6-7,10-12H2,1H3,(H,19,20)/t17-/m1/s1. The van der Waals surface area contributed by atoms with Crippen molar-refractivity contribution in [1.29, 1.82) is 0 Å². The molecule has 2 aromatic rings. The number of halogens is 1. The zero-order valence-electron chi connectivity index (χ0n) is 13.3. The average molecular weight is 319 g/mol. The van der Waals surface area contributed by atoms with E-state index < -0.39 is 5.60 Å². The number of β-amino-alcohol motifs (C(OH)–C–C–N with tert-alkyl or cyclic N) is 1. The van der Waals surface area contributed by atoms with Crippen LogP contribution in [0.25, 0.3) is 0 Å². The third-order valence-corrected chi connectivity index (χ3v) is 4.27. The number of rotatable bonds is 5. The molecule has 1 fully saturated rings. The van der Waals surface area contributed by atoms with Crippen molar-refractivity contribution in [2.75, 3.05) is 19.7 Å². The van der Waals surface area contributed by atoms with Crippen LogP contribution in [0.4, 0.5) is 4.39 Å². The number of likely N-dealkylation sites (tertiary alicyclic amines) is 1. The third kappa shape index (κ3) is 4.09. The van der Waals surface area contributed by atoms with Crippen LogP contribution < -0.4 is 4.74 Å². The molecule has 1 aromatic carbocycles. The average Bonchev–Trinajstić information content (AvgIpc) is 2.91. The number of ether oxygens (including phenoxy) is 1. The Labute approximate surface area is 135 Å². The second-order valence-corrected chi connectivity index (χ2v) is 6.30. The van der Waals surface area contributed by atoms with Crippen LogP contribution in [-0.2, 0) is 6.54 Å². The van der Waals surface area contributed by atoms with Gasteiger partial charge in [-0.25, -0.2) is 4.39 Å². The molecule has 6 heteroatoms. The SMILES string of the molecule is Cc1[nH]ncc1CN1CCC[C@](O)(COc2cccc(F)c2)C1. The first-order valence-electron chi connectivity index (χ1n) is 7.86. The first-order valence-corrected chi connectivity index (χ1v) is 7.86. The van der Waals surface area contributed by atoms with Crippen molar-refractivity contribution in [3.63, 3.8) is 0 Å². The number of nitrogens with zero attached hydrogens (tertiary/aromatic N) is 2. The van der Waals surface area contributed by atoms with Gasteiger partial charge in [0.25, 0.3) is 0 Å². The number of hydrogen-bond donors (Lipinski definition) is 2. The zero-order valence-corrected chi connectivity index (χ0v) is 13.3. The van der Waals surface area contributed by atoms with Crippen LogP contribution in [0.5, 0.6) is 5.75 Å². The summed E-state index contributed by atoms with van der Waals surface area (Å²) in [5.41, 5.74) is 1.28. The lowest BCUT2D eigenvalue weighted by atomic mass is 9.93. The molecule has 1 atom stereocenters. The summed E-state index contributed by atoms with van der Waals surface area (Å²) in [5, 5.41) is 17.8. The fourth-order valence-electron chi connectivity index (χ4n) is 3.01. The number of aromatic nitrogens is 2. The summed E-state index contributed by atoms with van der Waals surface area (Å²) in [5.74, 6) is 0.108. The van der Waals surface area contributed by atoms with Crippen LogP contribution in [0, 0.1) is 12.7 Å². The molecule has 2 heterocycles. The lowest BCUT2D eigenvalue weighted by Crippen LogP contribution is -2.51. The quantitative estimate of drug-likeness (QED) is 0.887. The van der Waals surface area contributed by atoms with E-state index in [0.717, 1.165) is 30.8 Å². The Kier molecular flexibility index (Phi) is 4.63. The van der Waals surface area contributed by atoms with Gasteiger partial charge in [0.1, 0.15) is 23.8 Å². The number of aryl methyl sites for hydroxylation is 1. The van der Waals surface area contributed by atoms with Gasteiger partial charge in [-0.2, -0.15) is 5.10 Å². The van der Waals surface area contributed by atoms with Gasteiger partial charge in [-0.05, 0) is 38.4 Å². The Morgan fingerprint density at radius 3 is 3.09 bits per heavy atom. The molecule has 1 aromatic heterocycles. The van der Waals surface area contributed by atoms with E-state index >= 15 is 0 Å². The van der Waals surface area contributed by atoms with Crippen molar-refractivity contribution in [3.8, 4) is 5.75 Å². The van der Waals surface area contributed by atoms with Crippen molar-refractivity contribution >= 4 is 0 Å². The number of hydrogen-bond acceptors (Lipinski definition) is 4. The monoisotopic (exact) mass is 319 g/mol. The van der Waals surface area contributed by atoms with Crippen LogP contribution in [0.1, 0.15) is 24.1 Å². The second-order valence-electron chi connectivity index (χ2n) is 6.30. The van der Waals surface area contributed by atoms with Crippen LogP contribution >= 0.6 is 0 Å². The van der Waals surface area contributed by atoms with Gasteiger partial charge < -0.3 is 9.84 Å². The van der Waals surface area contributed by atoms with Gasteiger partial charge in [-0.1, -0.05) is 6.07 Å². The highest BCUT2D eigenvalue weighted by atomic mass is 19.1. The molecule has 124 valence electrons. The normalized spacial score (nSPS) is 22.2. The Balaban J connectivity index is 1.59. The maximum absolute atomic E-state index is 13.2. The fraction of sp³-hybridized carbons (Fsp3) is 0.471. The van der Waals surface area contributed by atoms with Crippen LogP contribution in [0.15, 0.2) is 30.5 Å². The van der Waals surface area contributed by atoms with E-state index in [9.17, 15) is 9.50 Å². The summed E-state index contributed by atoms with van der Waals surface area (Å²) in [6, 6.07) is 6.00. The molecule has 0 unspecified atom stereocenters. The van der Waals surface area contributed by atoms with Crippen molar-refractivity contribution in [2.24, 2.45) is 0 Å². The maximum atomic E-state index is 13.2. The summed E-state index contributed by atoms with van der Waals surface area (Å²) in [6.45, 7) is 4.38. The molecule has 1 aliphatic rings. The molecular weight excluding hydrogens is 297 g/mol. The summed E-state index contributed by atoms with van der Waals surface area (Å²) in [7, 11) is 0. The number of aromatic amines is 1. The first-order chi connectivity index (χ1) is 11.0. The molecule has 5 nitrogen and oxygen atoms in total. The predicted octanol–water partition coefficient (Wildman–Crippen LogP) is 2.26. The van der Waals surface area contributed by atoms with Crippen molar-refractivity contribution in [2.45, 2.75) is 31.9 Å². The van der Waals surface area contributed by atoms with E-state index in [4.69, 9.17) is 4.74 Å². The van der Waals surface area contributed by atoms with E-state index in [2.05, 4.69) is 15.1 Å². The highest BCUT2D eigenvalue weighted by molar-refractivity contribution is 5.22. The molecule has 3 rings (SSSR count). The summed E-state index contributed by atoms with van der Waals surface area (Å²) in [4.78, 5) is 2.20. The molecule has 0 amide bonds. The minimum absolute atomic E-state index is 0.164. The summed E-state index contributed by atoms with van der Waals surface area (Å²) >= 11 is 0. The molecule has 0 saturated carbocycles. The second kappa shape index (κ2) is 6.68.